The van der Waals surface area contributed by atoms with Crippen molar-refractivity contribution in [2.24, 2.45) is 13.0 Å². The Kier molecular flexibility index (Phi) is 4.05. The number of nitrogens with zero attached hydrogens (tertiary/aromatic N) is 4. The van der Waals surface area contributed by atoms with Crippen LogP contribution in [-0.4, -0.2) is 47.4 Å². The fraction of sp³-hybridized carbons (Fsp3) is 0.733. The summed E-state index contributed by atoms with van der Waals surface area (Å²) in [5.74, 6) is 0.923. The molecule has 0 radical (unpaired) electrons. The van der Waals surface area contributed by atoms with Crippen molar-refractivity contribution in [3.8, 4) is 0 Å². The van der Waals surface area contributed by atoms with Gasteiger partial charge in [-0.2, -0.15) is 5.10 Å². The maximum Gasteiger partial charge on any atom is 0.268 e. The minimum Gasteiger partial charge on any atom is -0.368 e. The molecule has 20 heavy (non-hydrogen) atoms. The van der Waals surface area contributed by atoms with Crippen LogP contribution >= 0.6 is 0 Å². The van der Waals surface area contributed by atoms with Crippen LogP contribution in [0.1, 0.15) is 25.7 Å². The van der Waals surface area contributed by atoms with Gasteiger partial charge in [-0.1, -0.05) is 12.8 Å². The molecule has 0 bridgehead atoms. The molecule has 5 heteroatoms. The van der Waals surface area contributed by atoms with Crippen LogP contribution in [0.4, 0.5) is 5.69 Å². The fourth-order valence-corrected chi connectivity index (χ4v) is 3.38. The Labute approximate surface area is 120 Å². The van der Waals surface area contributed by atoms with Gasteiger partial charge in [0.1, 0.15) is 0 Å². The van der Waals surface area contributed by atoms with E-state index >= 15 is 0 Å². The van der Waals surface area contributed by atoms with Crippen molar-refractivity contribution >= 4 is 5.69 Å². The van der Waals surface area contributed by atoms with Crippen LogP contribution < -0.4 is 10.5 Å². The third-order valence-electron chi connectivity index (χ3n) is 4.68. The Morgan fingerprint density at radius 3 is 2.55 bits per heavy atom. The van der Waals surface area contributed by atoms with E-state index < -0.39 is 0 Å². The number of rotatable bonds is 3. The standard InChI is InChI=1S/C15H24N4O/c1-17-15(20)10-14(11-16-17)19-8-6-18(7-9-19)12-13-4-2-3-5-13/h10-11,13H,2-9,12H2,1H3. The highest BCUT2D eigenvalue weighted by atomic mass is 16.1. The lowest BCUT2D eigenvalue weighted by Gasteiger charge is -2.36. The second-order valence-electron chi connectivity index (χ2n) is 6.11. The van der Waals surface area contributed by atoms with Crippen LogP contribution in [-0.2, 0) is 7.05 Å². The molecule has 3 rings (SSSR count). The summed E-state index contributed by atoms with van der Waals surface area (Å²) in [5, 5.41) is 4.10. The topological polar surface area (TPSA) is 41.4 Å². The summed E-state index contributed by atoms with van der Waals surface area (Å²) in [6, 6.07) is 1.69. The molecule has 2 aliphatic rings. The van der Waals surface area contributed by atoms with Crippen molar-refractivity contribution in [1.82, 2.24) is 14.7 Å². The molecule has 1 aliphatic heterocycles. The summed E-state index contributed by atoms with van der Waals surface area (Å²) in [5.41, 5.74) is 0.935. The molecule has 2 heterocycles. The van der Waals surface area contributed by atoms with Gasteiger partial charge >= 0.3 is 0 Å². The second kappa shape index (κ2) is 5.95. The number of aryl methyl sites for hydroxylation is 1. The Balaban J connectivity index is 1.54. The molecular weight excluding hydrogens is 252 g/mol. The minimum absolute atomic E-state index is 0.0316. The van der Waals surface area contributed by atoms with Crippen molar-refractivity contribution in [1.29, 1.82) is 0 Å². The molecule has 1 saturated carbocycles. The van der Waals surface area contributed by atoms with E-state index in [0.717, 1.165) is 37.8 Å². The van der Waals surface area contributed by atoms with Gasteiger partial charge in [-0.25, -0.2) is 4.68 Å². The summed E-state index contributed by atoms with van der Waals surface area (Å²) < 4.78 is 1.37. The van der Waals surface area contributed by atoms with E-state index in [1.54, 1.807) is 19.3 Å². The molecule has 0 unspecified atom stereocenters. The van der Waals surface area contributed by atoms with Gasteiger partial charge in [-0.3, -0.25) is 9.69 Å². The first-order chi connectivity index (χ1) is 9.72. The lowest BCUT2D eigenvalue weighted by atomic mass is 10.1. The van der Waals surface area contributed by atoms with Crippen molar-refractivity contribution in [2.75, 3.05) is 37.6 Å². The van der Waals surface area contributed by atoms with E-state index in [4.69, 9.17) is 0 Å². The van der Waals surface area contributed by atoms with E-state index in [9.17, 15) is 4.79 Å². The van der Waals surface area contributed by atoms with Crippen LogP contribution in [0, 0.1) is 5.92 Å². The van der Waals surface area contributed by atoms with E-state index in [1.165, 1.54) is 36.9 Å². The van der Waals surface area contributed by atoms with Gasteiger partial charge in [0.2, 0.25) is 0 Å². The number of anilines is 1. The van der Waals surface area contributed by atoms with Gasteiger partial charge in [-0.15, -0.1) is 0 Å². The summed E-state index contributed by atoms with van der Waals surface area (Å²) in [6.45, 7) is 5.48. The Hall–Kier alpha value is -1.36. The van der Waals surface area contributed by atoms with Crippen LogP contribution in [0.25, 0.3) is 0 Å². The third kappa shape index (κ3) is 3.03. The Bertz CT molecular complexity index is 499. The Morgan fingerprint density at radius 2 is 1.90 bits per heavy atom. The van der Waals surface area contributed by atoms with Gasteiger partial charge in [0.15, 0.2) is 0 Å². The molecule has 110 valence electrons. The van der Waals surface area contributed by atoms with Crippen LogP contribution in [0.5, 0.6) is 0 Å². The van der Waals surface area contributed by atoms with Crippen molar-refractivity contribution in [2.45, 2.75) is 25.7 Å². The van der Waals surface area contributed by atoms with E-state index in [-0.39, 0.29) is 5.56 Å². The zero-order valence-corrected chi connectivity index (χ0v) is 12.3. The highest BCUT2D eigenvalue weighted by molar-refractivity contribution is 5.43. The van der Waals surface area contributed by atoms with Crippen LogP contribution in [0.3, 0.4) is 0 Å². The van der Waals surface area contributed by atoms with Gasteiger partial charge in [0.25, 0.3) is 5.56 Å². The zero-order chi connectivity index (χ0) is 13.9. The molecule has 1 aromatic heterocycles. The van der Waals surface area contributed by atoms with Crippen molar-refractivity contribution in [3.05, 3.63) is 22.6 Å². The number of piperazine rings is 1. The molecule has 0 spiro atoms. The number of aromatic nitrogens is 2. The number of hydrogen-bond donors (Lipinski definition) is 0. The first-order valence-electron chi connectivity index (χ1n) is 7.73. The molecule has 5 nitrogen and oxygen atoms in total. The van der Waals surface area contributed by atoms with E-state index in [0.29, 0.717) is 0 Å². The average Bonchev–Trinajstić information content (AvgIpc) is 2.96. The summed E-state index contributed by atoms with van der Waals surface area (Å²) in [6.07, 6.45) is 7.47. The minimum atomic E-state index is -0.0316. The smallest absolute Gasteiger partial charge is 0.268 e. The summed E-state index contributed by atoms with van der Waals surface area (Å²) in [7, 11) is 1.69. The lowest BCUT2D eigenvalue weighted by molar-refractivity contribution is 0.220. The maximum atomic E-state index is 11.6. The molecule has 0 atom stereocenters. The molecule has 0 amide bonds. The highest BCUT2D eigenvalue weighted by Gasteiger charge is 2.22. The van der Waals surface area contributed by atoms with Crippen molar-refractivity contribution in [3.63, 3.8) is 0 Å². The largest absolute Gasteiger partial charge is 0.368 e. The zero-order valence-electron chi connectivity index (χ0n) is 12.3. The monoisotopic (exact) mass is 276 g/mol. The molecule has 0 aromatic carbocycles. The number of hydrogen-bond acceptors (Lipinski definition) is 4. The van der Waals surface area contributed by atoms with Gasteiger partial charge in [0, 0.05) is 45.8 Å². The quantitative estimate of drug-likeness (QED) is 0.829. The fourth-order valence-electron chi connectivity index (χ4n) is 3.38. The maximum absolute atomic E-state index is 11.6. The second-order valence-corrected chi connectivity index (χ2v) is 6.11. The lowest BCUT2D eigenvalue weighted by Crippen LogP contribution is -2.48. The summed E-state index contributed by atoms with van der Waals surface area (Å²) >= 11 is 0. The first kappa shape index (κ1) is 13.6. The molecule has 2 fully saturated rings. The van der Waals surface area contributed by atoms with E-state index in [1.807, 2.05) is 0 Å². The molecule has 1 saturated heterocycles. The third-order valence-corrected chi connectivity index (χ3v) is 4.68. The van der Waals surface area contributed by atoms with Crippen molar-refractivity contribution < 1.29 is 0 Å². The normalized spacial score (nSPS) is 21.6. The average molecular weight is 276 g/mol. The van der Waals surface area contributed by atoms with Gasteiger partial charge < -0.3 is 4.90 Å². The molecular formula is C15H24N4O. The Morgan fingerprint density at radius 1 is 1.20 bits per heavy atom. The molecule has 0 N–H and O–H groups in total. The molecule has 1 aromatic rings. The van der Waals surface area contributed by atoms with Crippen LogP contribution in [0.15, 0.2) is 17.1 Å². The predicted octanol–water partition coefficient (Wildman–Crippen LogP) is 1.09. The first-order valence-corrected chi connectivity index (χ1v) is 7.73. The summed E-state index contributed by atoms with van der Waals surface area (Å²) in [4.78, 5) is 16.5. The van der Waals surface area contributed by atoms with Gasteiger partial charge in [0.05, 0.1) is 11.9 Å². The van der Waals surface area contributed by atoms with Crippen LogP contribution in [0.2, 0.25) is 0 Å². The van der Waals surface area contributed by atoms with Gasteiger partial charge in [-0.05, 0) is 18.8 Å². The predicted molar refractivity (Wildman–Crippen MR) is 80.1 cm³/mol. The highest BCUT2D eigenvalue weighted by Crippen LogP contribution is 2.26. The SMILES string of the molecule is Cn1ncc(N2CCN(CC3CCCC3)CC2)cc1=O. The molecule has 1 aliphatic carbocycles. The van der Waals surface area contributed by atoms with E-state index in [2.05, 4.69) is 14.9 Å².